The number of rotatable bonds is 3. The summed E-state index contributed by atoms with van der Waals surface area (Å²) < 4.78 is 0. The van der Waals surface area contributed by atoms with Crippen LogP contribution in [0.15, 0.2) is 12.4 Å². The van der Waals surface area contributed by atoms with Gasteiger partial charge in [-0.1, -0.05) is 11.6 Å². The van der Waals surface area contributed by atoms with Crippen molar-refractivity contribution in [1.29, 1.82) is 0 Å². The van der Waals surface area contributed by atoms with Crippen molar-refractivity contribution in [3.05, 3.63) is 17.4 Å². The van der Waals surface area contributed by atoms with E-state index in [4.69, 9.17) is 16.7 Å². The number of nitrogens with zero attached hydrogens (tertiary/aromatic N) is 3. The van der Waals surface area contributed by atoms with Crippen molar-refractivity contribution in [2.24, 2.45) is 11.3 Å². The highest BCUT2D eigenvalue weighted by atomic mass is 35.5. The first-order valence-corrected chi connectivity index (χ1v) is 7.45. The molecule has 1 saturated carbocycles. The predicted octanol–water partition coefficient (Wildman–Crippen LogP) is 2.51. The number of aromatic nitrogens is 2. The SMILES string of the molecule is OCCC1CCC12CCN(c1ncc(Cl)cn1)CC2. The molecule has 0 aromatic carbocycles. The third kappa shape index (κ3) is 2.43. The summed E-state index contributed by atoms with van der Waals surface area (Å²) in [5, 5.41) is 9.71. The van der Waals surface area contributed by atoms with E-state index in [0.717, 1.165) is 31.4 Å². The largest absolute Gasteiger partial charge is 0.396 e. The van der Waals surface area contributed by atoms with E-state index in [1.54, 1.807) is 12.4 Å². The Kier molecular flexibility index (Phi) is 3.63. The molecule has 0 radical (unpaired) electrons. The Morgan fingerprint density at radius 2 is 1.95 bits per heavy atom. The maximum Gasteiger partial charge on any atom is 0.225 e. The zero-order valence-electron chi connectivity index (χ0n) is 11.1. The number of halogens is 1. The fourth-order valence-corrected chi connectivity index (χ4v) is 3.74. The van der Waals surface area contributed by atoms with Crippen molar-refractivity contribution < 1.29 is 5.11 Å². The minimum atomic E-state index is 0.330. The van der Waals surface area contributed by atoms with Crippen LogP contribution in [0.5, 0.6) is 0 Å². The Morgan fingerprint density at radius 1 is 1.26 bits per heavy atom. The van der Waals surface area contributed by atoms with Crippen LogP contribution >= 0.6 is 11.6 Å². The van der Waals surface area contributed by atoms with Crippen molar-refractivity contribution in [3.8, 4) is 0 Å². The third-order valence-corrected chi connectivity index (χ3v) is 5.18. The molecule has 0 amide bonds. The lowest BCUT2D eigenvalue weighted by Crippen LogP contribution is -2.49. The van der Waals surface area contributed by atoms with Gasteiger partial charge in [0.25, 0.3) is 0 Å². The van der Waals surface area contributed by atoms with Gasteiger partial charge in [-0.3, -0.25) is 0 Å². The number of hydrogen-bond donors (Lipinski definition) is 1. The molecule has 1 aromatic heterocycles. The van der Waals surface area contributed by atoms with Crippen LogP contribution in [0.3, 0.4) is 0 Å². The number of hydrogen-bond acceptors (Lipinski definition) is 4. The second-order valence-electron chi connectivity index (χ2n) is 5.80. The first-order valence-electron chi connectivity index (χ1n) is 7.07. The summed E-state index contributed by atoms with van der Waals surface area (Å²) in [6.45, 7) is 2.36. The standard InChI is InChI=1S/C14H20ClN3O/c15-12-9-16-13(17-10-12)18-6-4-14(5-7-18)3-1-11(14)2-8-19/h9-11,19H,1-8H2. The normalized spacial score (nSPS) is 25.4. The van der Waals surface area contributed by atoms with E-state index in [2.05, 4.69) is 14.9 Å². The van der Waals surface area contributed by atoms with Crippen molar-refractivity contribution in [2.45, 2.75) is 32.1 Å². The molecule has 1 N–H and O–H groups in total. The second kappa shape index (κ2) is 5.25. The highest BCUT2D eigenvalue weighted by molar-refractivity contribution is 6.30. The molecule has 2 aliphatic rings. The maximum absolute atomic E-state index is 9.13. The summed E-state index contributed by atoms with van der Waals surface area (Å²) in [4.78, 5) is 10.8. The van der Waals surface area contributed by atoms with Gasteiger partial charge in [0.05, 0.1) is 17.4 Å². The van der Waals surface area contributed by atoms with Crippen LogP contribution in [0.2, 0.25) is 5.02 Å². The van der Waals surface area contributed by atoms with Gasteiger partial charge in [0.2, 0.25) is 5.95 Å². The van der Waals surface area contributed by atoms with Gasteiger partial charge in [-0.25, -0.2) is 9.97 Å². The highest BCUT2D eigenvalue weighted by Gasteiger charge is 2.47. The van der Waals surface area contributed by atoms with E-state index in [1.807, 2.05) is 0 Å². The molecule has 1 spiro atoms. The van der Waals surface area contributed by atoms with Crippen molar-refractivity contribution in [3.63, 3.8) is 0 Å². The Balaban J connectivity index is 1.62. The van der Waals surface area contributed by atoms with E-state index >= 15 is 0 Å². The summed E-state index contributed by atoms with van der Waals surface area (Å²) in [5.41, 5.74) is 0.492. The first kappa shape index (κ1) is 13.1. The van der Waals surface area contributed by atoms with Gasteiger partial charge in [-0.2, -0.15) is 0 Å². The Hall–Kier alpha value is -0.870. The minimum Gasteiger partial charge on any atom is -0.396 e. The molecule has 1 aromatic rings. The molecule has 5 heteroatoms. The highest BCUT2D eigenvalue weighted by Crippen LogP contribution is 2.55. The van der Waals surface area contributed by atoms with E-state index in [-0.39, 0.29) is 0 Å². The van der Waals surface area contributed by atoms with Crippen LogP contribution in [0.1, 0.15) is 32.1 Å². The maximum atomic E-state index is 9.13. The van der Waals surface area contributed by atoms with E-state index in [0.29, 0.717) is 17.0 Å². The quantitative estimate of drug-likeness (QED) is 0.925. The second-order valence-corrected chi connectivity index (χ2v) is 6.24. The van der Waals surface area contributed by atoms with Gasteiger partial charge in [0, 0.05) is 19.7 Å². The van der Waals surface area contributed by atoms with Crippen molar-refractivity contribution in [1.82, 2.24) is 9.97 Å². The van der Waals surface area contributed by atoms with Crippen LogP contribution in [0, 0.1) is 11.3 Å². The van der Waals surface area contributed by atoms with Crippen molar-refractivity contribution in [2.75, 3.05) is 24.6 Å². The van der Waals surface area contributed by atoms with E-state index < -0.39 is 0 Å². The first-order chi connectivity index (χ1) is 9.23. The molecule has 1 aliphatic carbocycles. The number of aliphatic hydroxyl groups excluding tert-OH is 1. The molecule has 1 aliphatic heterocycles. The Labute approximate surface area is 118 Å². The van der Waals surface area contributed by atoms with Gasteiger partial charge in [-0.05, 0) is 43.4 Å². The van der Waals surface area contributed by atoms with Gasteiger partial charge in [0.15, 0.2) is 0 Å². The smallest absolute Gasteiger partial charge is 0.225 e. The van der Waals surface area contributed by atoms with Gasteiger partial charge >= 0.3 is 0 Å². The Bertz CT molecular complexity index is 429. The molecule has 1 unspecified atom stereocenters. The number of aliphatic hydroxyl groups is 1. The zero-order valence-corrected chi connectivity index (χ0v) is 11.8. The van der Waals surface area contributed by atoms with Crippen LogP contribution in [-0.4, -0.2) is 34.8 Å². The van der Waals surface area contributed by atoms with Gasteiger partial charge in [0.1, 0.15) is 0 Å². The average Bonchev–Trinajstić information content (AvgIpc) is 2.45. The van der Waals surface area contributed by atoms with Gasteiger partial charge in [-0.15, -0.1) is 0 Å². The molecular formula is C14H20ClN3O. The molecule has 3 rings (SSSR count). The van der Waals surface area contributed by atoms with E-state index in [9.17, 15) is 0 Å². The average molecular weight is 282 g/mol. The fraction of sp³-hybridized carbons (Fsp3) is 0.714. The molecule has 2 heterocycles. The lowest BCUT2D eigenvalue weighted by molar-refractivity contribution is -0.0113. The lowest BCUT2D eigenvalue weighted by atomic mass is 9.55. The van der Waals surface area contributed by atoms with Crippen LogP contribution in [-0.2, 0) is 0 Å². The summed E-state index contributed by atoms with van der Waals surface area (Å²) in [7, 11) is 0. The van der Waals surface area contributed by atoms with Crippen LogP contribution in [0.4, 0.5) is 5.95 Å². The number of anilines is 1. The fourth-order valence-electron chi connectivity index (χ4n) is 3.64. The van der Waals surface area contributed by atoms with Crippen molar-refractivity contribution >= 4 is 17.5 Å². The molecule has 19 heavy (non-hydrogen) atoms. The van der Waals surface area contributed by atoms with Gasteiger partial charge < -0.3 is 10.0 Å². The molecule has 104 valence electrons. The molecular weight excluding hydrogens is 262 g/mol. The predicted molar refractivity (Wildman–Crippen MR) is 75.3 cm³/mol. The zero-order chi connectivity index (χ0) is 13.3. The lowest BCUT2D eigenvalue weighted by Gasteiger charge is -2.54. The molecule has 0 bridgehead atoms. The molecule has 2 fully saturated rings. The monoisotopic (exact) mass is 281 g/mol. The molecule has 1 atom stereocenters. The summed E-state index contributed by atoms with van der Waals surface area (Å²) >= 11 is 5.81. The Morgan fingerprint density at radius 3 is 2.47 bits per heavy atom. The molecule has 4 nitrogen and oxygen atoms in total. The van der Waals surface area contributed by atoms with Crippen LogP contribution in [0.25, 0.3) is 0 Å². The minimum absolute atomic E-state index is 0.330. The number of piperidine rings is 1. The topological polar surface area (TPSA) is 49.2 Å². The summed E-state index contributed by atoms with van der Waals surface area (Å²) in [6, 6.07) is 0. The van der Waals surface area contributed by atoms with Crippen LogP contribution < -0.4 is 4.90 Å². The molecule has 1 saturated heterocycles. The summed E-state index contributed by atoms with van der Waals surface area (Å²) in [5.74, 6) is 1.52. The van der Waals surface area contributed by atoms with E-state index in [1.165, 1.54) is 25.7 Å². The summed E-state index contributed by atoms with van der Waals surface area (Å²) in [6.07, 6.45) is 9.30. The third-order valence-electron chi connectivity index (χ3n) is 4.98.